The summed E-state index contributed by atoms with van der Waals surface area (Å²) in [5.74, 6) is 0.363. The zero-order chi connectivity index (χ0) is 16.3. The van der Waals surface area contributed by atoms with Crippen LogP contribution in [0.25, 0.3) is 5.52 Å². The molecule has 22 heavy (non-hydrogen) atoms. The van der Waals surface area contributed by atoms with E-state index in [0.717, 1.165) is 10.2 Å². The summed E-state index contributed by atoms with van der Waals surface area (Å²) < 4.78 is 12.9. The number of carbonyl (C=O) groups is 1. The lowest BCUT2D eigenvalue weighted by atomic mass is 10.1. The van der Waals surface area contributed by atoms with E-state index in [1.165, 1.54) is 0 Å². The van der Waals surface area contributed by atoms with Crippen molar-refractivity contribution in [2.75, 3.05) is 13.7 Å². The van der Waals surface area contributed by atoms with Gasteiger partial charge in [-0.15, -0.1) is 0 Å². The first-order valence-electron chi connectivity index (χ1n) is 7.24. The van der Waals surface area contributed by atoms with Gasteiger partial charge in [0.2, 0.25) is 0 Å². The van der Waals surface area contributed by atoms with Gasteiger partial charge in [-0.3, -0.25) is 14.0 Å². The van der Waals surface area contributed by atoms with E-state index in [4.69, 9.17) is 9.47 Å². The molecule has 2 rings (SSSR count). The monoisotopic (exact) mass is 307 g/mol. The van der Waals surface area contributed by atoms with Gasteiger partial charge in [0.25, 0.3) is 5.56 Å². The van der Waals surface area contributed by atoms with E-state index in [-0.39, 0.29) is 31.2 Å². The van der Waals surface area contributed by atoms with Gasteiger partial charge in [-0.05, 0) is 24.5 Å². The Morgan fingerprint density at radius 3 is 2.73 bits per heavy atom. The summed E-state index contributed by atoms with van der Waals surface area (Å²) in [6.07, 6.45) is 1.89. The van der Waals surface area contributed by atoms with Crippen LogP contribution in [0.15, 0.2) is 17.1 Å². The van der Waals surface area contributed by atoms with E-state index in [0.29, 0.717) is 11.3 Å². The van der Waals surface area contributed by atoms with E-state index in [1.807, 2.05) is 12.3 Å². The van der Waals surface area contributed by atoms with Crippen LogP contribution < -0.4 is 5.56 Å². The number of aromatic nitrogens is 3. The lowest BCUT2D eigenvalue weighted by Crippen LogP contribution is -2.30. The molecule has 2 aromatic rings. The second-order valence-electron chi connectivity index (χ2n) is 5.30. The van der Waals surface area contributed by atoms with Crippen LogP contribution in [0.5, 0.6) is 0 Å². The van der Waals surface area contributed by atoms with Crippen molar-refractivity contribution in [2.45, 2.75) is 39.8 Å². The van der Waals surface area contributed by atoms with E-state index in [2.05, 4.69) is 18.9 Å². The molecule has 0 unspecified atom stereocenters. The summed E-state index contributed by atoms with van der Waals surface area (Å²) in [5, 5.41) is 4.23. The number of carbonyl (C=O) groups excluding carboxylic acids is 1. The van der Waals surface area contributed by atoms with Crippen molar-refractivity contribution in [3.8, 4) is 0 Å². The molecule has 0 saturated carbocycles. The Bertz CT molecular complexity index is 730. The van der Waals surface area contributed by atoms with E-state index in [1.54, 1.807) is 18.4 Å². The second kappa shape index (κ2) is 6.74. The van der Waals surface area contributed by atoms with Crippen LogP contribution in [0, 0.1) is 0 Å². The molecule has 0 radical (unpaired) electrons. The van der Waals surface area contributed by atoms with Crippen LogP contribution in [-0.4, -0.2) is 33.9 Å². The second-order valence-corrected chi connectivity index (χ2v) is 5.30. The molecule has 0 fully saturated rings. The molecule has 0 atom stereocenters. The number of nitrogens with zero attached hydrogens (tertiary/aromatic N) is 3. The fourth-order valence-electron chi connectivity index (χ4n) is 2.21. The quantitative estimate of drug-likeness (QED) is 0.753. The van der Waals surface area contributed by atoms with Gasteiger partial charge in [0.15, 0.2) is 5.82 Å². The minimum atomic E-state index is -0.486. The standard InChI is InChI=1S/C15H21N3O4/c1-5-22-14(19)8-18-15(20)12-6-11(10(2)3)7-17(12)13(16-18)9-21-4/h6-7,10H,5,8-9H2,1-4H3. The molecular formula is C15H21N3O4. The molecule has 2 heterocycles. The molecule has 0 aliphatic heterocycles. The Labute approximate surface area is 128 Å². The SMILES string of the molecule is CCOC(=O)Cn1nc(COC)n2cc(C(C)C)cc2c1=O. The van der Waals surface area contributed by atoms with Gasteiger partial charge in [0.1, 0.15) is 18.7 Å². The molecule has 0 aliphatic carbocycles. The first kappa shape index (κ1) is 16.2. The Morgan fingerprint density at radius 1 is 1.41 bits per heavy atom. The van der Waals surface area contributed by atoms with Gasteiger partial charge in [-0.1, -0.05) is 13.8 Å². The zero-order valence-electron chi connectivity index (χ0n) is 13.3. The van der Waals surface area contributed by atoms with Crippen LogP contribution in [0.2, 0.25) is 0 Å². The number of esters is 1. The normalized spacial score (nSPS) is 11.3. The number of methoxy groups -OCH3 is 1. The minimum absolute atomic E-state index is 0.206. The van der Waals surface area contributed by atoms with Gasteiger partial charge in [0.05, 0.1) is 6.61 Å². The van der Waals surface area contributed by atoms with Gasteiger partial charge < -0.3 is 9.47 Å². The highest BCUT2D eigenvalue weighted by molar-refractivity contribution is 5.69. The van der Waals surface area contributed by atoms with Crippen molar-refractivity contribution in [1.82, 2.24) is 14.2 Å². The van der Waals surface area contributed by atoms with E-state index >= 15 is 0 Å². The van der Waals surface area contributed by atoms with Crippen molar-refractivity contribution in [1.29, 1.82) is 0 Å². The van der Waals surface area contributed by atoms with Crippen LogP contribution >= 0.6 is 0 Å². The van der Waals surface area contributed by atoms with Crippen molar-refractivity contribution in [2.24, 2.45) is 0 Å². The maximum Gasteiger partial charge on any atom is 0.327 e. The van der Waals surface area contributed by atoms with Gasteiger partial charge in [-0.2, -0.15) is 5.10 Å². The number of fused-ring (bicyclic) bond motifs is 1. The Kier molecular flexibility index (Phi) is 4.97. The van der Waals surface area contributed by atoms with Gasteiger partial charge in [-0.25, -0.2) is 4.68 Å². The summed E-state index contributed by atoms with van der Waals surface area (Å²) in [7, 11) is 1.56. The minimum Gasteiger partial charge on any atom is -0.465 e. The summed E-state index contributed by atoms with van der Waals surface area (Å²) in [5.41, 5.74) is 1.19. The molecule has 0 amide bonds. The Hall–Kier alpha value is -2.15. The number of hydrogen-bond donors (Lipinski definition) is 0. The molecule has 0 bridgehead atoms. The molecule has 0 saturated heterocycles. The molecule has 2 aromatic heterocycles. The van der Waals surface area contributed by atoms with Crippen LogP contribution in [-0.2, 0) is 27.4 Å². The lowest BCUT2D eigenvalue weighted by Gasteiger charge is -2.09. The Morgan fingerprint density at radius 2 is 2.14 bits per heavy atom. The molecule has 120 valence electrons. The van der Waals surface area contributed by atoms with Crippen molar-refractivity contribution >= 4 is 11.5 Å². The number of rotatable bonds is 6. The van der Waals surface area contributed by atoms with Crippen molar-refractivity contribution in [3.05, 3.63) is 34.0 Å². The first-order chi connectivity index (χ1) is 10.5. The fraction of sp³-hybridized carbons (Fsp3) is 0.533. The molecule has 7 heteroatoms. The smallest absolute Gasteiger partial charge is 0.327 e. The molecule has 7 nitrogen and oxygen atoms in total. The third kappa shape index (κ3) is 3.19. The highest BCUT2D eigenvalue weighted by atomic mass is 16.5. The molecule has 0 aliphatic rings. The summed E-state index contributed by atoms with van der Waals surface area (Å²) in [6, 6.07) is 1.83. The van der Waals surface area contributed by atoms with E-state index < -0.39 is 5.97 Å². The fourth-order valence-corrected chi connectivity index (χ4v) is 2.21. The van der Waals surface area contributed by atoms with Crippen LogP contribution in [0.1, 0.15) is 38.1 Å². The largest absolute Gasteiger partial charge is 0.465 e. The summed E-state index contributed by atoms with van der Waals surface area (Å²) in [6.45, 7) is 6.12. The highest BCUT2D eigenvalue weighted by Crippen LogP contribution is 2.17. The lowest BCUT2D eigenvalue weighted by molar-refractivity contribution is -0.144. The molecule has 0 N–H and O–H groups in total. The third-order valence-corrected chi connectivity index (χ3v) is 3.33. The predicted molar refractivity (Wildman–Crippen MR) is 80.9 cm³/mol. The molecule has 0 spiro atoms. The highest BCUT2D eigenvalue weighted by Gasteiger charge is 2.15. The summed E-state index contributed by atoms with van der Waals surface area (Å²) >= 11 is 0. The third-order valence-electron chi connectivity index (χ3n) is 3.33. The average molecular weight is 307 g/mol. The van der Waals surface area contributed by atoms with Gasteiger partial charge >= 0.3 is 5.97 Å². The predicted octanol–water partition coefficient (Wildman–Crippen LogP) is 1.33. The van der Waals surface area contributed by atoms with Crippen molar-refractivity contribution in [3.63, 3.8) is 0 Å². The molecule has 0 aromatic carbocycles. The van der Waals surface area contributed by atoms with Crippen LogP contribution in [0.4, 0.5) is 0 Å². The average Bonchev–Trinajstić information content (AvgIpc) is 2.90. The number of ether oxygens (including phenoxy) is 2. The maximum atomic E-state index is 12.5. The first-order valence-corrected chi connectivity index (χ1v) is 7.24. The van der Waals surface area contributed by atoms with Gasteiger partial charge in [0, 0.05) is 13.3 Å². The molecular weight excluding hydrogens is 286 g/mol. The zero-order valence-corrected chi connectivity index (χ0v) is 13.3. The topological polar surface area (TPSA) is 74.8 Å². The van der Waals surface area contributed by atoms with Crippen LogP contribution in [0.3, 0.4) is 0 Å². The number of hydrogen-bond acceptors (Lipinski definition) is 5. The van der Waals surface area contributed by atoms with Crippen molar-refractivity contribution < 1.29 is 14.3 Å². The Balaban J connectivity index is 2.56. The maximum absolute atomic E-state index is 12.5. The summed E-state index contributed by atoms with van der Waals surface area (Å²) in [4.78, 5) is 24.1. The van der Waals surface area contributed by atoms with E-state index in [9.17, 15) is 9.59 Å².